The van der Waals surface area contributed by atoms with Crippen LogP contribution < -0.4 is 10.6 Å². The van der Waals surface area contributed by atoms with E-state index >= 15 is 0 Å². The Balaban J connectivity index is 0.000000794. The van der Waals surface area contributed by atoms with Gasteiger partial charge in [-0.2, -0.15) is 0 Å². The van der Waals surface area contributed by atoms with Crippen molar-refractivity contribution in [3.05, 3.63) is 0 Å². The molecule has 0 atom stereocenters. The molecule has 0 aromatic carbocycles. The summed E-state index contributed by atoms with van der Waals surface area (Å²) in [6.07, 6.45) is 3.55. The van der Waals surface area contributed by atoms with Gasteiger partial charge in [0.1, 0.15) is 13.2 Å². The van der Waals surface area contributed by atoms with Crippen LogP contribution in [0, 0.1) is 0 Å². The van der Waals surface area contributed by atoms with E-state index in [1.54, 1.807) is 0 Å². The third-order valence-corrected chi connectivity index (χ3v) is 4.90. The predicted octanol–water partition coefficient (Wildman–Crippen LogP) is 1.53. The van der Waals surface area contributed by atoms with E-state index in [9.17, 15) is 28.8 Å². The van der Waals surface area contributed by atoms with Gasteiger partial charge in [0.15, 0.2) is 0 Å². The van der Waals surface area contributed by atoms with Crippen LogP contribution in [0.4, 0.5) is 9.59 Å². The van der Waals surface area contributed by atoms with Crippen molar-refractivity contribution in [1.29, 1.82) is 0 Å². The van der Waals surface area contributed by atoms with Crippen LogP contribution >= 0.6 is 0 Å². The maximum absolute atomic E-state index is 11.5. The van der Waals surface area contributed by atoms with Crippen LogP contribution in [0.3, 0.4) is 0 Å². The molecule has 15 heteroatoms. The second-order valence-electron chi connectivity index (χ2n) is 8.17. The number of carboxylic acids is 1. The van der Waals surface area contributed by atoms with Gasteiger partial charge in [-0.15, -0.1) is 5.06 Å². The van der Waals surface area contributed by atoms with E-state index in [0.717, 1.165) is 12.8 Å². The van der Waals surface area contributed by atoms with Crippen molar-refractivity contribution in [1.82, 2.24) is 15.7 Å². The number of nitrogens with one attached hydrogen (secondary N) is 2. The largest absolute Gasteiger partial charge is 0.481 e. The lowest BCUT2D eigenvalue weighted by Gasteiger charge is -2.12. The minimum absolute atomic E-state index is 0.0816. The van der Waals surface area contributed by atoms with Crippen LogP contribution in [-0.4, -0.2) is 99.8 Å². The fourth-order valence-electron chi connectivity index (χ4n) is 2.87. The topological polar surface area (TPSA) is 196 Å². The fraction of sp³-hybridized carbons (Fsp3) is 0.750. The molecule has 1 aliphatic rings. The van der Waals surface area contributed by atoms with Crippen LogP contribution in [0.1, 0.15) is 64.2 Å². The minimum atomic E-state index is -0.785. The van der Waals surface area contributed by atoms with Gasteiger partial charge in [0.25, 0.3) is 11.8 Å². The summed E-state index contributed by atoms with van der Waals surface area (Å²) in [7, 11) is 3.05. The van der Waals surface area contributed by atoms with E-state index in [0.29, 0.717) is 57.0 Å². The molecular weight excluding hydrogens is 522 g/mol. The van der Waals surface area contributed by atoms with Crippen LogP contribution in [0.25, 0.3) is 0 Å². The van der Waals surface area contributed by atoms with Gasteiger partial charge in [0, 0.05) is 53.0 Å². The summed E-state index contributed by atoms with van der Waals surface area (Å²) in [5.41, 5.74) is 0. The lowest BCUT2D eigenvalue weighted by Crippen LogP contribution is -2.32. The lowest BCUT2D eigenvalue weighted by atomic mass is 10.2. The second kappa shape index (κ2) is 23.6. The Bertz CT molecular complexity index is 747. The Morgan fingerprint density at radius 1 is 0.718 bits per heavy atom. The first-order valence-corrected chi connectivity index (χ1v) is 12.8. The van der Waals surface area contributed by atoms with Gasteiger partial charge in [0.05, 0.1) is 13.2 Å². The van der Waals surface area contributed by atoms with Crippen molar-refractivity contribution < 1.29 is 57.7 Å². The van der Waals surface area contributed by atoms with Gasteiger partial charge in [-0.05, 0) is 25.7 Å². The first kappa shape index (κ1) is 35.5. The Kier molecular flexibility index (Phi) is 21.5. The number of hydrogen-bond acceptors (Lipinski definition) is 11. The van der Waals surface area contributed by atoms with Crippen LogP contribution in [-0.2, 0) is 43.0 Å². The molecule has 1 fully saturated rings. The molecular formula is C24H41N3O12. The van der Waals surface area contributed by atoms with E-state index in [1.165, 1.54) is 14.2 Å². The molecule has 1 saturated heterocycles. The Morgan fingerprint density at radius 3 is 1.62 bits per heavy atom. The monoisotopic (exact) mass is 563 g/mol. The summed E-state index contributed by atoms with van der Waals surface area (Å²) in [6, 6.07) is 0. The highest BCUT2D eigenvalue weighted by Gasteiger charge is 2.32. The van der Waals surface area contributed by atoms with Crippen LogP contribution in [0.2, 0.25) is 0 Å². The number of alkyl carbamates (subject to hydrolysis) is 2. The quantitative estimate of drug-likeness (QED) is 0.152. The number of ether oxygens (including phenoxy) is 4. The zero-order valence-electron chi connectivity index (χ0n) is 22.7. The third-order valence-electron chi connectivity index (χ3n) is 4.90. The predicted molar refractivity (Wildman–Crippen MR) is 134 cm³/mol. The zero-order chi connectivity index (χ0) is 29.3. The smallest absolute Gasteiger partial charge is 0.407 e. The molecule has 39 heavy (non-hydrogen) atoms. The average Bonchev–Trinajstić information content (AvgIpc) is 3.20. The molecule has 1 rings (SSSR count). The van der Waals surface area contributed by atoms with Crippen molar-refractivity contribution in [2.24, 2.45) is 0 Å². The number of carbonyl (C=O) groups is 6. The Labute approximate surface area is 227 Å². The summed E-state index contributed by atoms with van der Waals surface area (Å²) in [4.78, 5) is 71.1. The van der Waals surface area contributed by atoms with E-state index in [-0.39, 0.29) is 38.9 Å². The van der Waals surface area contributed by atoms with Gasteiger partial charge >= 0.3 is 24.1 Å². The number of imide groups is 1. The second-order valence-corrected chi connectivity index (χ2v) is 8.17. The fourth-order valence-corrected chi connectivity index (χ4v) is 2.87. The molecule has 0 radical (unpaired) electrons. The molecule has 1 heterocycles. The SMILES string of the molecule is COCCOC(=O)NCCCCCC(=O)O.COCCOC(=O)NCCCCCC(=O)ON1C(=O)CCC1=O. The van der Waals surface area contributed by atoms with E-state index in [1.807, 2.05) is 0 Å². The molecule has 15 nitrogen and oxygen atoms in total. The number of hydrogen-bond donors (Lipinski definition) is 3. The first-order valence-electron chi connectivity index (χ1n) is 12.8. The number of rotatable bonds is 19. The summed E-state index contributed by atoms with van der Waals surface area (Å²) < 4.78 is 19.0. The van der Waals surface area contributed by atoms with Gasteiger partial charge in [0.2, 0.25) is 0 Å². The number of nitrogens with zero attached hydrogens (tertiary/aromatic N) is 1. The van der Waals surface area contributed by atoms with Crippen molar-refractivity contribution in [3.8, 4) is 0 Å². The Morgan fingerprint density at radius 2 is 1.18 bits per heavy atom. The number of carboxylic acid groups (broad SMARTS) is 1. The van der Waals surface area contributed by atoms with Crippen molar-refractivity contribution in [2.75, 3.05) is 53.7 Å². The van der Waals surface area contributed by atoms with Gasteiger partial charge < -0.3 is 39.5 Å². The molecule has 0 spiro atoms. The summed E-state index contributed by atoms with van der Waals surface area (Å²) in [5, 5.41) is 14.1. The number of carbonyl (C=O) groups excluding carboxylic acids is 5. The van der Waals surface area contributed by atoms with Crippen molar-refractivity contribution in [2.45, 2.75) is 64.2 Å². The highest BCUT2D eigenvalue weighted by Crippen LogP contribution is 2.13. The van der Waals surface area contributed by atoms with Gasteiger partial charge in [-0.3, -0.25) is 14.4 Å². The highest BCUT2D eigenvalue weighted by molar-refractivity contribution is 6.01. The minimum Gasteiger partial charge on any atom is -0.481 e. The molecule has 0 aliphatic carbocycles. The number of unbranched alkanes of at least 4 members (excludes halogenated alkanes) is 4. The van der Waals surface area contributed by atoms with E-state index in [2.05, 4.69) is 10.6 Å². The number of methoxy groups -OCH3 is 2. The Hall–Kier alpha value is -3.46. The number of hydroxylamine groups is 2. The molecule has 0 aromatic rings. The zero-order valence-corrected chi connectivity index (χ0v) is 22.7. The summed E-state index contributed by atoms with van der Waals surface area (Å²) in [6.45, 7) is 2.10. The molecule has 4 amide bonds. The van der Waals surface area contributed by atoms with Crippen LogP contribution in [0.15, 0.2) is 0 Å². The maximum atomic E-state index is 11.5. The maximum Gasteiger partial charge on any atom is 0.407 e. The van der Waals surface area contributed by atoms with E-state index in [4.69, 9.17) is 28.9 Å². The van der Waals surface area contributed by atoms with Crippen molar-refractivity contribution in [3.63, 3.8) is 0 Å². The standard InChI is InChI=1S/C14H22N2O7.C10H19NO5/c1-21-9-10-22-14(20)15-8-4-2-3-5-13(19)23-16-11(17)6-7-12(16)18;1-15-7-8-16-10(14)11-6-4-2-3-5-9(12)13/h2-10H2,1H3,(H,15,20);2-8H2,1H3,(H,11,14)(H,12,13). The summed E-state index contributed by atoms with van der Waals surface area (Å²) in [5.74, 6) is -2.37. The normalized spacial score (nSPS) is 12.3. The van der Waals surface area contributed by atoms with E-state index < -0.39 is 35.9 Å². The van der Waals surface area contributed by atoms with Gasteiger partial charge in [-0.1, -0.05) is 12.8 Å². The molecule has 0 aromatic heterocycles. The number of aliphatic carboxylic acids is 1. The third kappa shape index (κ3) is 21.2. The van der Waals surface area contributed by atoms with Gasteiger partial charge in [-0.25, -0.2) is 14.4 Å². The molecule has 0 saturated carbocycles. The molecule has 0 bridgehead atoms. The summed E-state index contributed by atoms with van der Waals surface area (Å²) >= 11 is 0. The average molecular weight is 564 g/mol. The molecule has 3 N–H and O–H groups in total. The molecule has 0 unspecified atom stereocenters. The van der Waals surface area contributed by atoms with Crippen LogP contribution in [0.5, 0.6) is 0 Å². The first-order chi connectivity index (χ1) is 18.7. The van der Waals surface area contributed by atoms with Crippen molar-refractivity contribution >= 4 is 35.9 Å². The molecule has 224 valence electrons. The highest BCUT2D eigenvalue weighted by atomic mass is 16.7. The molecule has 1 aliphatic heterocycles. The number of amides is 4. The lowest BCUT2D eigenvalue weighted by molar-refractivity contribution is -0.197.